The lowest BCUT2D eigenvalue weighted by Gasteiger charge is -2.24. The summed E-state index contributed by atoms with van der Waals surface area (Å²) in [5.74, 6) is 0.819. The summed E-state index contributed by atoms with van der Waals surface area (Å²) in [4.78, 5) is 0. The second-order valence-corrected chi connectivity index (χ2v) is 3.16. The van der Waals surface area contributed by atoms with Crippen LogP contribution in [0.15, 0.2) is 0 Å². The fraction of sp³-hybridized carbons (Fsp3) is 1.00. The van der Waals surface area contributed by atoms with Gasteiger partial charge >= 0.3 is 0 Å². The molecule has 1 saturated carbocycles. The van der Waals surface area contributed by atoms with Crippen LogP contribution >= 0.6 is 0 Å². The molecule has 0 saturated heterocycles. The normalized spacial score (nSPS) is 34.2. The van der Waals surface area contributed by atoms with Gasteiger partial charge in [0.1, 0.15) is 0 Å². The highest BCUT2D eigenvalue weighted by Crippen LogP contribution is 2.25. The SMILES string of the molecule is CC1CCC(OCF)CC1. The van der Waals surface area contributed by atoms with Crippen LogP contribution in [0.5, 0.6) is 0 Å². The third kappa shape index (κ3) is 2.25. The molecule has 1 aliphatic carbocycles. The second kappa shape index (κ2) is 3.91. The molecule has 0 aromatic heterocycles. The minimum Gasteiger partial charge on any atom is -0.347 e. The Balaban J connectivity index is 2.13. The molecule has 0 unspecified atom stereocenters. The second-order valence-electron chi connectivity index (χ2n) is 3.16. The summed E-state index contributed by atoms with van der Waals surface area (Å²) >= 11 is 0. The van der Waals surface area contributed by atoms with Crippen molar-refractivity contribution in [1.29, 1.82) is 0 Å². The van der Waals surface area contributed by atoms with Gasteiger partial charge < -0.3 is 4.74 Å². The van der Waals surface area contributed by atoms with E-state index in [9.17, 15) is 4.39 Å². The first-order valence-corrected chi connectivity index (χ1v) is 4.00. The maximum atomic E-state index is 11.7. The third-order valence-corrected chi connectivity index (χ3v) is 2.26. The lowest BCUT2D eigenvalue weighted by Crippen LogP contribution is -2.19. The van der Waals surface area contributed by atoms with E-state index in [0.717, 1.165) is 18.8 Å². The molecule has 0 N–H and O–H groups in total. The Morgan fingerprint density at radius 2 is 1.90 bits per heavy atom. The highest BCUT2D eigenvalue weighted by molar-refractivity contribution is 4.69. The zero-order valence-corrected chi connectivity index (χ0v) is 6.48. The van der Waals surface area contributed by atoms with Crippen molar-refractivity contribution in [2.75, 3.05) is 6.86 Å². The minimum absolute atomic E-state index is 0.209. The number of hydrogen-bond acceptors (Lipinski definition) is 1. The third-order valence-electron chi connectivity index (χ3n) is 2.26. The quantitative estimate of drug-likeness (QED) is 0.581. The van der Waals surface area contributed by atoms with E-state index in [4.69, 9.17) is 4.74 Å². The largest absolute Gasteiger partial charge is 0.347 e. The first-order chi connectivity index (χ1) is 4.83. The van der Waals surface area contributed by atoms with Crippen LogP contribution in [0, 0.1) is 5.92 Å². The van der Waals surface area contributed by atoms with E-state index < -0.39 is 6.86 Å². The summed E-state index contributed by atoms with van der Waals surface area (Å²) in [5, 5.41) is 0. The molecule has 1 fully saturated rings. The maximum absolute atomic E-state index is 11.7. The van der Waals surface area contributed by atoms with E-state index in [-0.39, 0.29) is 6.10 Å². The van der Waals surface area contributed by atoms with Gasteiger partial charge in [0.2, 0.25) is 0 Å². The standard InChI is InChI=1S/C8H15FO/c1-7-2-4-8(5-3-7)10-6-9/h7-8H,2-6H2,1H3. The molecular weight excluding hydrogens is 131 g/mol. The van der Waals surface area contributed by atoms with Gasteiger partial charge in [0.25, 0.3) is 0 Å². The molecule has 1 aliphatic rings. The molecule has 0 aromatic carbocycles. The number of alkyl halides is 1. The van der Waals surface area contributed by atoms with Crippen LogP contribution < -0.4 is 0 Å². The number of rotatable bonds is 2. The van der Waals surface area contributed by atoms with Gasteiger partial charge in [-0.3, -0.25) is 0 Å². The first-order valence-electron chi connectivity index (χ1n) is 4.00. The zero-order chi connectivity index (χ0) is 7.40. The van der Waals surface area contributed by atoms with Crippen molar-refractivity contribution >= 4 is 0 Å². The van der Waals surface area contributed by atoms with Crippen molar-refractivity contribution < 1.29 is 9.13 Å². The van der Waals surface area contributed by atoms with Gasteiger partial charge in [0.15, 0.2) is 6.86 Å². The molecule has 0 radical (unpaired) electrons. The molecule has 0 aliphatic heterocycles. The Hall–Kier alpha value is -0.110. The van der Waals surface area contributed by atoms with E-state index in [1.54, 1.807) is 0 Å². The zero-order valence-electron chi connectivity index (χ0n) is 6.48. The smallest absolute Gasteiger partial charge is 0.188 e. The maximum Gasteiger partial charge on any atom is 0.188 e. The van der Waals surface area contributed by atoms with Crippen LogP contribution in [-0.4, -0.2) is 13.0 Å². The van der Waals surface area contributed by atoms with Crippen LogP contribution in [0.1, 0.15) is 32.6 Å². The molecule has 0 heterocycles. The number of halogens is 1. The average molecular weight is 146 g/mol. The Morgan fingerprint density at radius 1 is 1.30 bits per heavy atom. The average Bonchev–Trinajstić information content (AvgIpc) is 1.95. The summed E-state index contributed by atoms with van der Waals surface area (Å²) < 4.78 is 16.5. The summed E-state index contributed by atoms with van der Waals surface area (Å²) in [6.07, 6.45) is 4.70. The summed E-state index contributed by atoms with van der Waals surface area (Å²) in [6, 6.07) is 0. The molecule has 0 amide bonds. The Bertz CT molecular complexity index is 87.3. The van der Waals surface area contributed by atoms with Crippen molar-refractivity contribution in [1.82, 2.24) is 0 Å². The van der Waals surface area contributed by atoms with Crippen LogP contribution in [0.25, 0.3) is 0 Å². The predicted octanol–water partition coefficient (Wildman–Crippen LogP) is 2.51. The lowest BCUT2D eigenvalue weighted by molar-refractivity contribution is -0.0274. The molecular formula is C8H15FO. The van der Waals surface area contributed by atoms with Gasteiger partial charge in [-0.05, 0) is 31.6 Å². The molecule has 0 spiro atoms. The van der Waals surface area contributed by atoms with Crippen molar-refractivity contribution in [3.8, 4) is 0 Å². The molecule has 60 valence electrons. The van der Waals surface area contributed by atoms with Crippen LogP contribution in [0.4, 0.5) is 4.39 Å². The fourth-order valence-corrected chi connectivity index (χ4v) is 1.49. The van der Waals surface area contributed by atoms with E-state index in [2.05, 4.69) is 6.92 Å². The first kappa shape index (κ1) is 7.99. The molecule has 0 bridgehead atoms. The molecule has 10 heavy (non-hydrogen) atoms. The Kier molecular flexibility index (Phi) is 3.13. The van der Waals surface area contributed by atoms with Gasteiger partial charge in [-0.1, -0.05) is 6.92 Å². The molecule has 1 rings (SSSR count). The highest BCUT2D eigenvalue weighted by Gasteiger charge is 2.17. The fourth-order valence-electron chi connectivity index (χ4n) is 1.49. The van der Waals surface area contributed by atoms with Crippen molar-refractivity contribution in [3.63, 3.8) is 0 Å². The van der Waals surface area contributed by atoms with E-state index in [0.29, 0.717) is 0 Å². The van der Waals surface area contributed by atoms with Gasteiger partial charge in [0, 0.05) is 0 Å². The summed E-state index contributed by atoms with van der Waals surface area (Å²) in [7, 11) is 0. The van der Waals surface area contributed by atoms with Gasteiger partial charge in [-0.2, -0.15) is 0 Å². The van der Waals surface area contributed by atoms with E-state index >= 15 is 0 Å². The summed E-state index contributed by atoms with van der Waals surface area (Å²) in [5.41, 5.74) is 0. The minimum atomic E-state index is -0.612. The van der Waals surface area contributed by atoms with Gasteiger partial charge in [0.05, 0.1) is 6.10 Å². The monoisotopic (exact) mass is 146 g/mol. The molecule has 0 aromatic rings. The number of hydrogen-bond donors (Lipinski definition) is 0. The van der Waals surface area contributed by atoms with Gasteiger partial charge in [-0.15, -0.1) is 0 Å². The lowest BCUT2D eigenvalue weighted by atomic mass is 9.89. The number of ether oxygens (including phenoxy) is 1. The Morgan fingerprint density at radius 3 is 2.40 bits per heavy atom. The van der Waals surface area contributed by atoms with E-state index in [1.807, 2.05) is 0 Å². The molecule has 2 heteroatoms. The highest BCUT2D eigenvalue weighted by atomic mass is 19.1. The van der Waals surface area contributed by atoms with Crippen LogP contribution in [-0.2, 0) is 4.74 Å². The van der Waals surface area contributed by atoms with Crippen molar-refractivity contribution in [2.24, 2.45) is 5.92 Å². The summed E-state index contributed by atoms with van der Waals surface area (Å²) in [6.45, 7) is 1.63. The van der Waals surface area contributed by atoms with Crippen molar-refractivity contribution in [3.05, 3.63) is 0 Å². The molecule has 1 nitrogen and oxygen atoms in total. The van der Waals surface area contributed by atoms with Crippen molar-refractivity contribution in [2.45, 2.75) is 38.7 Å². The topological polar surface area (TPSA) is 9.23 Å². The molecule has 0 atom stereocenters. The van der Waals surface area contributed by atoms with Gasteiger partial charge in [-0.25, -0.2) is 4.39 Å². The Labute approximate surface area is 61.6 Å². The predicted molar refractivity (Wildman–Crippen MR) is 38.5 cm³/mol. The van der Waals surface area contributed by atoms with E-state index in [1.165, 1.54) is 12.8 Å². The van der Waals surface area contributed by atoms with Crippen LogP contribution in [0.2, 0.25) is 0 Å². The van der Waals surface area contributed by atoms with Crippen LogP contribution in [0.3, 0.4) is 0 Å².